The van der Waals surface area contributed by atoms with Gasteiger partial charge in [-0.25, -0.2) is 9.38 Å². The average molecular weight is 433 g/mol. The highest BCUT2D eigenvalue weighted by molar-refractivity contribution is 6.32. The fourth-order valence-corrected chi connectivity index (χ4v) is 3.28. The van der Waals surface area contributed by atoms with Crippen molar-refractivity contribution in [2.24, 2.45) is 4.99 Å². The van der Waals surface area contributed by atoms with E-state index in [-0.39, 0.29) is 5.91 Å². The zero-order valence-electron chi connectivity index (χ0n) is 16.7. The van der Waals surface area contributed by atoms with Gasteiger partial charge in [-0.1, -0.05) is 11.6 Å². The van der Waals surface area contributed by atoms with E-state index >= 15 is 0 Å². The van der Waals surface area contributed by atoms with Gasteiger partial charge in [-0.2, -0.15) is 0 Å². The van der Waals surface area contributed by atoms with Crippen molar-refractivity contribution in [2.45, 2.75) is 6.92 Å². The van der Waals surface area contributed by atoms with Gasteiger partial charge in [-0.05, 0) is 42.5 Å². The molecule has 158 valence electrons. The summed E-state index contributed by atoms with van der Waals surface area (Å²) in [5.74, 6) is 0.0118. The summed E-state index contributed by atoms with van der Waals surface area (Å²) in [4.78, 5) is 32.5. The maximum atomic E-state index is 13.2. The van der Waals surface area contributed by atoms with Crippen LogP contribution in [-0.2, 0) is 4.79 Å². The first kappa shape index (κ1) is 21.6. The SMILES string of the molecule is COc1ccc(N=C(NC(=O)c2ccc(F)cc2)N2CCN(C(C)=O)CC2)cc1Cl. The second kappa shape index (κ2) is 9.58. The smallest absolute Gasteiger partial charge is 0.257 e. The maximum Gasteiger partial charge on any atom is 0.257 e. The molecular weight excluding hydrogens is 411 g/mol. The van der Waals surface area contributed by atoms with Crippen LogP contribution in [0.15, 0.2) is 47.5 Å². The molecule has 2 aromatic carbocycles. The number of benzene rings is 2. The molecule has 0 saturated carbocycles. The van der Waals surface area contributed by atoms with E-state index in [9.17, 15) is 14.0 Å². The van der Waals surface area contributed by atoms with Crippen molar-refractivity contribution in [1.29, 1.82) is 0 Å². The molecule has 0 bridgehead atoms. The molecular formula is C21H22ClFN4O3. The lowest BCUT2D eigenvalue weighted by atomic mass is 10.2. The second-order valence-electron chi connectivity index (χ2n) is 6.71. The topological polar surface area (TPSA) is 74.2 Å². The Morgan fingerprint density at radius 2 is 1.70 bits per heavy atom. The molecule has 7 nitrogen and oxygen atoms in total. The minimum atomic E-state index is -0.423. The summed E-state index contributed by atoms with van der Waals surface area (Å²) >= 11 is 6.19. The molecule has 0 atom stereocenters. The van der Waals surface area contributed by atoms with Crippen LogP contribution in [0.5, 0.6) is 5.75 Å². The van der Waals surface area contributed by atoms with E-state index < -0.39 is 11.7 Å². The van der Waals surface area contributed by atoms with Gasteiger partial charge in [0.1, 0.15) is 11.6 Å². The van der Waals surface area contributed by atoms with Crippen molar-refractivity contribution in [1.82, 2.24) is 15.1 Å². The number of methoxy groups -OCH3 is 1. The third kappa shape index (κ3) is 5.27. The fraction of sp³-hybridized carbons (Fsp3) is 0.286. The van der Waals surface area contributed by atoms with Crippen molar-refractivity contribution in [2.75, 3.05) is 33.3 Å². The lowest BCUT2D eigenvalue weighted by Gasteiger charge is -2.35. The van der Waals surface area contributed by atoms with Gasteiger partial charge in [0.05, 0.1) is 17.8 Å². The monoisotopic (exact) mass is 432 g/mol. The molecule has 2 amide bonds. The van der Waals surface area contributed by atoms with Crippen molar-refractivity contribution in [3.8, 4) is 5.75 Å². The number of nitrogens with zero attached hydrogens (tertiary/aromatic N) is 3. The van der Waals surface area contributed by atoms with Gasteiger partial charge in [0.15, 0.2) is 0 Å². The van der Waals surface area contributed by atoms with E-state index in [1.165, 1.54) is 38.3 Å². The van der Waals surface area contributed by atoms with Crippen LogP contribution in [0.1, 0.15) is 17.3 Å². The van der Waals surface area contributed by atoms with E-state index in [1.807, 2.05) is 4.90 Å². The fourth-order valence-electron chi connectivity index (χ4n) is 3.03. The van der Waals surface area contributed by atoms with Gasteiger partial charge < -0.3 is 14.5 Å². The first-order chi connectivity index (χ1) is 14.4. The number of aliphatic imine (C=N–C) groups is 1. The van der Waals surface area contributed by atoms with Crippen LogP contribution in [-0.4, -0.2) is 60.9 Å². The number of hydrogen-bond acceptors (Lipinski definition) is 4. The number of rotatable bonds is 3. The molecule has 30 heavy (non-hydrogen) atoms. The highest BCUT2D eigenvalue weighted by atomic mass is 35.5. The standard InChI is InChI=1S/C21H22ClFN4O3/c1-14(28)26-9-11-27(12-10-26)21(24-17-7-8-19(30-2)18(22)13-17)25-20(29)15-3-5-16(23)6-4-15/h3-8,13H,9-12H2,1-2H3,(H,24,25,29). The summed E-state index contributed by atoms with van der Waals surface area (Å²) in [6.45, 7) is 3.58. The zero-order chi connectivity index (χ0) is 21.7. The molecule has 3 rings (SSSR count). The molecule has 1 heterocycles. The summed E-state index contributed by atoms with van der Waals surface area (Å²) in [6.07, 6.45) is 0. The summed E-state index contributed by atoms with van der Waals surface area (Å²) in [6, 6.07) is 10.3. The molecule has 1 aliphatic rings. The maximum absolute atomic E-state index is 13.2. The highest BCUT2D eigenvalue weighted by Gasteiger charge is 2.23. The number of guanidine groups is 1. The summed E-state index contributed by atoms with van der Waals surface area (Å²) in [7, 11) is 1.52. The summed E-state index contributed by atoms with van der Waals surface area (Å²) in [5, 5.41) is 3.19. The predicted octanol–water partition coefficient (Wildman–Crippen LogP) is 3.07. The van der Waals surface area contributed by atoms with Crippen LogP contribution in [0.2, 0.25) is 5.02 Å². The van der Waals surface area contributed by atoms with Gasteiger partial charge in [0.2, 0.25) is 11.9 Å². The van der Waals surface area contributed by atoms with Gasteiger partial charge in [-0.3, -0.25) is 14.9 Å². The lowest BCUT2D eigenvalue weighted by Crippen LogP contribution is -2.54. The number of halogens is 2. The van der Waals surface area contributed by atoms with Crippen LogP contribution < -0.4 is 10.1 Å². The molecule has 9 heteroatoms. The first-order valence-corrected chi connectivity index (χ1v) is 9.75. The largest absolute Gasteiger partial charge is 0.495 e. The third-order valence-electron chi connectivity index (χ3n) is 4.73. The number of carbonyl (C=O) groups excluding carboxylic acids is 2. The molecule has 0 unspecified atom stereocenters. The van der Waals surface area contributed by atoms with E-state index in [1.54, 1.807) is 23.1 Å². The lowest BCUT2D eigenvalue weighted by molar-refractivity contribution is -0.130. The molecule has 1 saturated heterocycles. The Hall–Kier alpha value is -3.13. The molecule has 2 aromatic rings. The Kier molecular flexibility index (Phi) is 6.89. The third-order valence-corrected chi connectivity index (χ3v) is 5.02. The highest BCUT2D eigenvalue weighted by Crippen LogP contribution is 2.28. The minimum Gasteiger partial charge on any atom is -0.495 e. The number of carbonyl (C=O) groups is 2. The Labute approximate surface area is 179 Å². The predicted molar refractivity (Wildman–Crippen MR) is 113 cm³/mol. The Morgan fingerprint density at radius 3 is 2.27 bits per heavy atom. The number of hydrogen-bond donors (Lipinski definition) is 1. The number of amides is 2. The molecule has 1 aliphatic heterocycles. The van der Waals surface area contributed by atoms with Gasteiger partial charge in [-0.15, -0.1) is 0 Å². The van der Waals surface area contributed by atoms with Crippen LogP contribution in [0.4, 0.5) is 10.1 Å². The summed E-state index contributed by atoms with van der Waals surface area (Å²) < 4.78 is 18.3. The van der Waals surface area contributed by atoms with Gasteiger partial charge >= 0.3 is 0 Å². The molecule has 0 aliphatic carbocycles. The number of ether oxygens (including phenoxy) is 1. The Morgan fingerprint density at radius 1 is 1.07 bits per heavy atom. The number of nitrogens with one attached hydrogen (secondary N) is 1. The first-order valence-electron chi connectivity index (χ1n) is 9.37. The van der Waals surface area contributed by atoms with Crippen LogP contribution in [0, 0.1) is 5.82 Å². The minimum absolute atomic E-state index is 0.00502. The quantitative estimate of drug-likeness (QED) is 0.597. The molecule has 0 radical (unpaired) electrons. The summed E-state index contributed by atoms with van der Waals surface area (Å²) in [5.41, 5.74) is 0.837. The van der Waals surface area contributed by atoms with Gasteiger partial charge in [0.25, 0.3) is 5.91 Å². The second-order valence-corrected chi connectivity index (χ2v) is 7.12. The molecule has 0 spiro atoms. The van der Waals surface area contributed by atoms with E-state index in [4.69, 9.17) is 16.3 Å². The molecule has 1 fully saturated rings. The van der Waals surface area contributed by atoms with E-state index in [2.05, 4.69) is 10.3 Å². The van der Waals surface area contributed by atoms with Gasteiger partial charge in [0, 0.05) is 38.7 Å². The zero-order valence-corrected chi connectivity index (χ0v) is 17.4. The normalized spacial score (nSPS) is 14.5. The van der Waals surface area contributed by atoms with Crippen molar-refractivity contribution in [3.63, 3.8) is 0 Å². The average Bonchev–Trinajstić information content (AvgIpc) is 2.74. The Bertz CT molecular complexity index is 957. The van der Waals surface area contributed by atoms with E-state index in [0.717, 1.165) is 0 Å². The van der Waals surface area contributed by atoms with Crippen LogP contribution in [0.25, 0.3) is 0 Å². The van der Waals surface area contributed by atoms with Crippen molar-refractivity contribution < 1.29 is 18.7 Å². The molecule has 0 aromatic heterocycles. The van der Waals surface area contributed by atoms with E-state index in [0.29, 0.717) is 54.2 Å². The van der Waals surface area contributed by atoms with Crippen LogP contribution >= 0.6 is 11.6 Å². The van der Waals surface area contributed by atoms with Crippen LogP contribution in [0.3, 0.4) is 0 Å². The Balaban J connectivity index is 1.86. The molecule has 1 N–H and O–H groups in total. The van der Waals surface area contributed by atoms with Crippen molar-refractivity contribution in [3.05, 3.63) is 58.9 Å². The van der Waals surface area contributed by atoms with Crippen molar-refractivity contribution >= 4 is 35.1 Å². The number of piperazine rings is 1.